The van der Waals surface area contributed by atoms with Crippen molar-refractivity contribution in [1.82, 2.24) is 14.9 Å². The highest BCUT2D eigenvalue weighted by atomic mass is 16.5. The van der Waals surface area contributed by atoms with Crippen LogP contribution in [0, 0.1) is 0 Å². The lowest BCUT2D eigenvalue weighted by atomic mass is 10.1. The van der Waals surface area contributed by atoms with Crippen LogP contribution in [0.3, 0.4) is 0 Å². The van der Waals surface area contributed by atoms with Gasteiger partial charge in [0.15, 0.2) is 5.75 Å². The van der Waals surface area contributed by atoms with Crippen molar-refractivity contribution in [2.45, 2.75) is 31.3 Å². The monoisotopic (exact) mass is 234 g/mol. The molecule has 0 bridgehead atoms. The summed E-state index contributed by atoms with van der Waals surface area (Å²) < 4.78 is 5.05. The third-order valence-corrected chi connectivity index (χ3v) is 3.78. The summed E-state index contributed by atoms with van der Waals surface area (Å²) in [6, 6.07) is 1.19. The van der Waals surface area contributed by atoms with Crippen LogP contribution in [0.4, 0.5) is 5.95 Å². The summed E-state index contributed by atoms with van der Waals surface area (Å²) in [5.41, 5.74) is 0. The minimum Gasteiger partial charge on any atom is -0.494 e. The second-order valence-corrected chi connectivity index (χ2v) is 4.73. The zero-order chi connectivity index (χ0) is 11.7. The van der Waals surface area contributed by atoms with E-state index in [1.807, 2.05) is 0 Å². The van der Waals surface area contributed by atoms with Gasteiger partial charge in [0.2, 0.25) is 5.95 Å². The van der Waals surface area contributed by atoms with Crippen molar-refractivity contribution >= 4 is 5.95 Å². The Kier molecular flexibility index (Phi) is 2.84. The molecular formula is C12H18N4O. The lowest BCUT2D eigenvalue weighted by Gasteiger charge is -2.21. The molecule has 92 valence electrons. The van der Waals surface area contributed by atoms with Crippen molar-refractivity contribution in [3.63, 3.8) is 0 Å². The van der Waals surface area contributed by atoms with Gasteiger partial charge in [-0.2, -0.15) is 0 Å². The van der Waals surface area contributed by atoms with Gasteiger partial charge < -0.3 is 10.1 Å². The van der Waals surface area contributed by atoms with E-state index < -0.39 is 0 Å². The molecule has 1 aromatic heterocycles. The largest absolute Gasteiger partial charge is 0.494 e. The van der Waals surface area contributed by atoms with Crippen LogP contribution in [0.5, 0.6) is 5.75 Å². The van der Waals surface area contributed by atoms with Crippen LogP contribution in [0.15, 0.2) is 12.4 Å². The summed E-state index contributed by atoms with van der Waals surface area (Å²) in [6.45, 7) is 2.46. The van der Waals surface area contributed by atoms with Gasteiger partial charge in [-0.25, -0.2) is 9.97 Å². The Morgan fingerprint density at radius 3 is 2.88 bits per heavy atom. The van der Waals surface area contributed by atoms with Gasteiger partial charge in [-0.15, -0.1) is 0 Å². The minimum atomic E-state index is 0.505. The zero-order valence-corrected chi connectivity index (χ0v) is 10.1. The number of nitrogens with zero attached hydrogens (tertiary/aromatic N) is 3. The molecule has 0 radical (unpaired) electrons. The van der Waals surface area contributed by atoms with Crippen LogP contribution in [0.1, 0.15) is 19.3 Å². The molecular weight excluding hydrogens is 216 g/mol. The normalized spacial score (nSPS) is 28.1. The van der Waals surface area contributed by atoms with E-state index >= 15 is 0 Å². The van der Waals surface area contributed by atoms with Gasteiger partial charge in [-0.1, -0.05) is 0 Å². The molecule has 5 heteroatoms. The molecule has 2 fully saturated rings. The molecule has 2 unspecified atom stereocenters. The van der Waals surface area contributed by atoms with Gasteiger partial charge in [-0.05, 0) is 25.8 Å². The second-order valence-electron chi connectivity index (χ2n) is 4.73. The van der Waals surface area contributed by atoms with Crippen LogP contribution in [0.2, 0.25) is 0 Å². The molecule has 17 heavy (non-hydrogen) atoms. The minimum absolute atomic E-state index is 0.505. The second kappa shape index (κ2) is 4.49. The Morgan fingerprint density at radius 1 is 1.29 bits per heavy atom. The Morgan fingerprint density at radius 2 is 2.12 bits per heavy atom. The van der Waals surface area contributed by atoms with Gasteiger partial charge in [0.25, 0.3) is 0 Å². The first kappa shape index (κ1) is 10.8. The van der Waals surface area contributed by atoms with Crippen LogP contribution in [-0.4, -0.2) is 47.2 Å². The van der Waals surface area contributed by atoms with Crippen molar-refractivity contribution in [3.05, 3.63) is 12.4 Å². The van der Waals surface area contributed by atoms with Crippen LogP contribution in [-0.2, 0) is 0 Å². The van der Waals surface area contributed by atoms with Gasteiger partial charge in [0, 0.05) is 18.6 Å². The molecule has 3 heterocycles. The smallest absolute Gasteiger partial charge is 0.223 e. The number of nitrogens with one attached hydrogen (secondary N) is 1. The fourth-order valence-electron chi connectivity index (χ4n) is 2.91. The van der Waals surface area contributed by atoms with Crippen molar-refractivity contribution in [1.29, 1.82) is 0 Å². The van der Waals surface area contributed by atoms with E-state index in [0.29, 0.717) is 23.8 Å². The number of methoxy groups -OCH3 is 1. The standard InChI is InChI=1S/C12H18N4O/c1-17-9-7-13-12(14-8-9)15-10-4-6-16-5-2-3-11(10)16/h7-8,10-11H,2-6H2,1H3,(H,13,14,15). The number of hydrogen-bond acceptors (Lipinski definition) is 5. The molecule has 0 aromatic carbocycles. The van der Waals surface area contributed by atoms with E-state index in [4.69, 9.17) is 4.74 Å². The van der Waals surface area contributed by atoms with E-state index in [9.17, 15) is 0 Å². The first-order valence-corrected chi connectivity index (χ1v) is 6.23. The first-order chi connectivity index (χ1) is 8.36. The number of fused-ring (bicyclic) bond motifs is 1. The highest BCUT2D eigenvalue weighted by Crippen LogP contribution is 2.29. The summed E-state index contributed by atoms with van der Waals surface area (Å²) in [4.78, 5) is 11.1. The maximum Gasteiger partial charge on any atom is 0.223 e. The average Bonchev–Trinajstić information content (AvgIpc) is 2.95. The highest BCUT2D eigenvalue weighted by molar-refractivity contribution is 5.30. The number of aromatic nitrogens is 2. The van der Waals surface area contributed by atoms with Crippen molar-refractivity contribution in [3.8, 4) is 5.75 Å². The molecule has 2 aliphatic heterocycles. The lowest BCUT2D eigenvalue weighted by Crippen LogP contribution is -2.34. The fraction of sp³-hybridized carbons (Fsp3) is 0.667. The Labute approximate surface area is 101 Å². The molecule has 0 amide bonds. The molecule has 5 nitrogen and oxygen atoms in total. The maximum atomic E-state index is 5.05. The molecule has 0 spiro atoms. The molecule has 0 saturated carbocycles. The molecule has 2 atom stereocenters. The van der Waals surface area contributed by atoms with Crippen LogP contribution < -0.4 is 10.1 Å². The molecule has 2 aliphatic rings. The highest BCUT2D eigenvalue weighted by Gasteiger charge is 2.37. The predicted octanol–water partition coefficient (Wildman–Crippen LogP) is 1.13. The molecule has 1 aromatic rings. The molecule has 1 N–H and O–H groups in total. The topological polar surface area (TPSA) is 50.3 Å². The summed E-state index contributed by atoms with van der Waals surface area (Å²) in [6.07, 6.45) is 7.23. The predicted molar refractivity (Wildman–Crippen MR) is 65.2 cm³/mol. The number of ether oxygens (including phenoxy) is 1. The summed E-state index contributed by atoms with van der Waals surface area (Å²) in [5.74, 6) is 1.41. The number of rotatable bonds is 3. The zero-order valence-electron chi connectivity index (χ0n) is 10.1. The Balaban J connectivity index is 1.66. The molecule has 3 rings (SSSR count). The number of anilines is 1. The van der Waals surface area contributed by atoms with Gasteiger partial charge in [-0.3, -0.25) is 4.90 Å². The van der Waals surface area contributed by atoms with E-state index in [0.717, 1.165) is 0 Å². The van der Waals surface area contributed by atoms with E-state index in [1.165, 1.54) is 32.4 Å². The van der Waals surface area contributed by atoms with E-state index in [1.54, 1.807) is 19.5 Å². The molecule has 0 aliphatic carbocycles. The van der Waals surface area contributed by atoms with Gasteiger partial charge >= 0.3 is 0 Å². The number of hydrogen-bond donors (Lipinski definition) is 1. The van der Waals surface area contributed by atoms with Crippen molar-refractivity contribution < 1.29 is 4.74 Å². The van der Waals surface area contributed by atoms with Gasteiger partial charge in [0.1, 0.15) is 0 Å². The fourth-order valence-corrected chi connectivity index (χ4v) is 2.91. The van der Waals surface area contributed by atoms with Crippen LogP contribution >= 0.6 is 0 Å². The maximum absolute atomic E-state index is 5.05. The van der Waals surface area contributed by atoms with Crippen molar-refractivity contribution in [2.75, 3.05) is 25.5 Å². The van der Waals surface area contributed by atoms with Gasteiger partial charge in [0.05, 0.1) is 19.5 Å². The van der Waals surface area contributed by atoms with E-state index in [-0.39, 0.29) is 0 Å². The quantitative estimate of drug-likeness (QED) is 0.849. The van der Waals surface area contributed by atoms with Crippen molar-refractivity contribution in [2.24, 2.45) is 0 Å². The average molecular weight is 234 g/mol. The summed E-state index contributed by atoms with van der Waals surface area (Å²) in [5, 5.41) is 3.44. The first-order valence-electron chi connectivity index (χ1n) is 6.23. The third-order valence-electron chi connectivity index (χ3n) is 3.78. The lowest BCUT2D eigenvalue weighted by molar-refractivity contribution is 0.318. The third kappa shape index (κ3) is 2.07. The molecule has 2 saturated heterocycles. The SMILES string of the molecule is COc1cnc(NC2CCN3CCCC23)nc1. The van der Waals surface area contributed by atoms with E-state index in [2.05, 4.69) is 20.2 Å². The Hall–Kier alpha value is -1.36. The summed E-state index contributed by atoms with van der Waals surface area (Å²) in [7, 11) is 1.62. The Bertz CT molecular complexity index is 381. The van der Waals surface area contributed by atoms with Crippen LogP contribution in [0.25, 0.3) is 0 Å². The summed E-state index contributed by atoms with van der Waals surface area (Å²) >= 11 is 0.